The second kappa shape index (κ2) is 7.66. The summed E-state index contributed by atoms with van der Waals surface area (Å²) < 4.78 is 0. The van der Waals surface area contributed by atoms with Crippen molar-refractivity contribution in [1.29, 1.82) is 0 Å². The SMILES string of the molecule is c1ccc(-c2ccccc2NCc2cccc(-c3ccccn3)c2)cc1. The van der Waals surface area contributed by atoms with Crippen LogP contribution in [0.4, 0.5) is 5.69 Å². The van der Waals surface area contributed by atoms with Crippen LogP contribution in [0.3, 0.4) is 0 Å². The lowest BCUT2D eigenvalue weighted by Gasteiger charge is -2.13. The molecule has 0 aliphatic carbocycles. The molecule has 0 atom stereocenters. The summed E-state index contributed by atoms with van der Waals surface area (Å²) in [6, 6.07) is 33.4. The first kappa shape index (κ1) is 16.1. The molecule has 0 aliphatic heterocycles. The molecule has 1 aromatic heterocycles. The highest BCUT2D eigenvalue weighted by Crippen LogP contribution is 2.28. The number of nitrogens with zero attached hydrogens (tertiary/aromatic N) is 1. The lowest BCUT2D eigenvalue weighted by Crippen LogP contribution is -2.01. The molecule has 0 aliphatic rings. The van der Waals surface area contributed by atoms with Crippen molar-refractivity contribution < 1.29 is 0 Å². The fourth-order valence-corrected chi connectivity index (χ4v) is 3.08. The standard InChI is InChI=1S/C24H20N2/c1-2-10-20(11-3-1)22-13-4-5-15-24(22)26-18-19-9-8-12-21(17-19)23-14-6-7-16-25-23/h1-17,26H,18H2. The van der Waals surface area contributed by atoms with Gasteiger partial charge in [0.1, 0.15) is 0 Å². The van der Waals surface area contributed by atoms with Gasteiger partial charge in [0.25, 0.3) is 0 Å². The molecule has 1 N–H and O–H groups in total. The van der Waals surface area contributed by atoms with Crippen molar-refractivity contribution in [3.05, 3.63) is 109 Å². The van der Waals surface area contributed by atoms with Gasteiger partial charge in [0, 0.05) is 29.6 Å². The fourth-order valence-electron chi connectivity index (χ4n) is 3.08. The largest absolute Gasteiger partial charge is 0.380 e. The molecule has 126 valence electrons. The number of benzene rings is 3. The first-order valence-corrected chi connectivity index (χ1v) is 8.79. The van der Waals surface area contributed by atoms with E-state index >= 15 is 0 Å². The van der Waals surface area contributed by atoms with Crippen molar-refractivity contribution in [3.63, 3.8) is 0 Å². The molecule has 4 rings (SSSR count). The highest BCUT2D eigenvalue weighted by atomic mass is 14.9. The minimum atomic E-state index is 0.768. The Morgan fingerprint density at radius 1 is 0.654 bits per heavy atom. The third-order valence-corrected chi connectivity index (χ3v) is 4.38. The zero-order valence-corrected chi connectivity index (χ0v) is 14.5. The number of hydrogen-bond donors (Lipinski definition) is 1. The average Bonchev–Trinajstić information content (AvgIpc) is 2.74. The predicted octanol–water partition coefficient (Wildman–Crippen LogP) is 6.03. The Morgan fingerprint density at radius 2 is 1.42 bits per heavy atom. The normalized spacial score (nSPS) is 10.5. The van der Waals surface area contributed by atoms with Crippen molar-refractivity contribution >= 4 is 5.69 Å². The fraction of sp³-hybridized carbons (Fsp3) is 0.0417. The van der Waals surface area contributed by atoms with Gasteiger partial charge < -0.3 is 5.32 Å². The Labute approximate surface area is 154 Å². The Balaban J connectivity index is 1.56. The van der Waals surface area contributed by atoms with E-state index in [1.165, 1.54) is 16.7 Å². The van der Waals surface area contributed by atoms with E-state index < -0.39 is 0 Å². The van der Waals surface area contributed by atoms with Gasteiger partial charge in [-0.2, -0.15) is 0 Å². The van der Waals surface area contributed by atoms with Crippen molar-refractivity contribution in [2.45, 2.75) is 6.54 Å². The molecule has 0 saturated carbocycles. The van der Waals surface area contributed by atoms with Gasteiger partial charge in [-0.15, -0.1) is 0 Å². The monoisotopic (exact) mass is 336 g/mol. The highest BCUT2D eigenvalue weighted by Gasteiger charge is 2.05. The third kappa shape index (κ3) is 3.65. The molecule has 0 amide bonds. The number of aromatic nitrogens is 1. The quantitative estimate of drug-likeness (QED) is 0.481. The molecular weight excluding hydrogens is 316 g/mol. The summed E-state index contributed by atoms with van der Waals surface area (Å²) in [6.07, 6.45) is 1.83. The smallest absolute Gasteiger partial charge is 0.0702 e. The number of pyridine rings is 1. The molecule has 2 heteroatoms. The molecule has 0 unspecified atom stereocenters. The summed E-state index contributed by atoms with van der Waals surface area (Å²) in [7, 11) is 0. The van der Waals surface area contributed by atoms with Crippen LogP contribution < -0.4 is 5.32 Å². The van der Waals surface area contributed by atoms with Gasteiger partial charge in [-0.3, -0.25) is 4.98 Å². The van der Waals surface area contributed by atoms with Crippen LogP contribution >= 0.6 is 0 Å². The topological polar surface area (TPSA) is 24.9 Å². The average molecular weight is 336 g/mol. The molecule has 3 aromatic carbocycles. The van der Waals surface area contributed by atoms with E-state index in [0.717, 1.165) is 23.5 Å². The Morgan fingerprint density at radius 3 is 2.27 bits per heavy atom. The van der Waals surface area contributed by atoms with Crippen LogP contribution in [-0.4, -0.2) is 4.98 Å². The highest BCUT2D eigenvalue weighted by molar-refractivity contribution is 5.77. The van der Waals surface area contributed by atoms with Crippen LogP contribution in [0.25, 0.3) is 22.4 Å². The van der Waals surface area contributed by atoms with E-state index in [0.29, 0.717) is 0 Å². The van der Waals surface area contributed by atoms with E-state index in [1.807, 2.05) is 30.5 Å². The summed E-state index contributed by atoms with van der Waals surface area (Å²) in [5, 5.41) is 3.59. The van der Waals surface area contributed by atoms with Crippen molar-refractivity contribution in [2.75, 3.05) is 5.32 Å². The number of anilines is 1. The second-order valence-electron chi connectivity index (χ2n) is 6.18. The minimum Gasteiger partial charge on any atom is -0.380 e. The van der Waals surface area contributed by atoms with Crippen LogP contribution in [0.15, 0.2) is 103 Å². The first-order chi connectivity index (χ1) is 12.9. The van der Waals surface area contributed by atoms with Gasteiger partial charge in [0.2, 0.25) is 0 Å². The van der Waals surface area contributed by atoms with Gasteiger partial charge in [0.15, 0.2) is 0 Å². The van der Waals surface area contributed by atoms with Crippen molar-refractivity contribution in [1.82, 2.24) is 4.98 Å². The maximum Gasteiger partial charge on any atom is 0.0702 e. The summed E-state index contributed by atoms with van der Waals surface area (Å²) in [4.78, 5) is 4.44. The zero-order valence-electron chi connectivity index (χ0n) is 14.5. The molecule has 0 bridgehead atoms. The lowest BCUT2D eigenvalue weighted by atomic mass is 10.0. The van der Waals surface area contributed by atoms with Crippen LogP contribution in [0.1, 0.15) is 5.56 Å². The molecule has 0 fully saturated rings. The van der Waals surface area contributed by atoms with E-state index in [2.05, 4.69) is 83.1 Å². The third-order valence-electron chi connectivity index (χ3n) is 4.38. The van der Waals surface area contributed by atoms with Gasteiger partial charge in [-0.1, -0.05) is 72.8 Å². The van der Waals surface area contributed by atoms with E-state index in [1.54, 1.807) is 0 Å². The van der Waals surface area contributed by atoms with Gasteiger partial charge in [0.05, 0.1) is 5.69 Å². The molecular formula is C24H20N2. The number of hydrogen-bond acceptors (Lipinski definition) is 2. The Kier molecular flexibility index (Phi) is 4.74. The molecule has 0 spiro atoms. The molecule has 0 radical (unpaired) electrons. The molecule has 26 heavy (non-hydrogen) atoms. The summed E-state index contributed by atoms with van der Waals surface area (Å²) in [5.41, 5.74) is 6.95. The van der Waals surface area contributed by atoms with E-state index in [4.69, 9.17) is 0 Å². The second-order valence-corrected chi connectivity index (χ2v) is 6.18. The zero-order chi connectivity index (χ0) is 17.6. The number of rotatable bonds is 5. The van der Waals surface area contributed by atoms with E-state index in [9.17, 15) is 0 Å². The first-order valence-electron chi connectivity index (χ1n) is 8.79. The van der Waals surface area contributed by atoms with Crippen LogP contribution in [0, 0.1) is 0 Å². The molecule has 2 nitrogen and oxygen atoms in total. The maximum atomic E-state index is 4.44. The maximum absolute atomic E-state index is 4.44. The van der Waals surface area contributed by atoms with Crippen LogP contribution in [0.2, 0.25) is 0 Å². The Bertz CT molecular complexity index is 979. The van der Waals surface area contributed by atoms with E-state index in [-0.39, 0.29) is 0 Å². The molecule has 1 heterocycles. The van der Waals surface area contributed by atoms with Crippen LogP contribution in [0.5, 0.6) is 0 Å². The van der Waals surface area contributed by atoms with Crippen molar-refractivity contribution in [2.24, 2.45) is 0 Å². The number of para-hydroxylation sites is 1. The Hall–Kier alpha value is -3.39. The summed E-state index contributed by atoms with van der Waals surface area (Å²) in [6.45, 7) is 0.768. The van der Waals surface area contributed by atoms with Gasteiger partial charge in [-0.05, 0) is 35.4 Å². The molecule has 4 aromatic rings. The van der Waals surface area contributed by atoms with Crippen molar-refractivity contribution in [3.8, 4) is 22.4 Å². The molecule has 0 saturated heterocycles. The van der Waals surface area contributed by atoms with Crippen LogP contribution in [-0.2, 0) is 6.54 Å². The van der Waals surface area contributed by atoms with Gasteiger partial charge in [-0.25, -0.2) is 0 Å². The lowest BCUT2D eigenvalue weighted by molar-refractivity contribution is 1.15. The van der Waals surface area contributed by atoms with Gasteiger partial charge >= 0.3 is 0 Å². The summed E-state index contributed by atoms with van der Waals surface area (Å²) >= 11 is 0. The summed E-state index contributed by atoms with van der Waals surface area (Å²) in [5.74, 6) is 0. The predicted molar refractivity (Wildman–Crippen MR) is 109 cm³/mol. The number of nitrogens with one attached hydrogen (secondary N) is 1. The minimum absolute atomic E-state index is 0.768.